The second kappa shape index (κ2) is 5.99. The van der Waals surface area contributed by atoms with E-state index in [2.05, 4.69) is 15.5 Å². The molecule has 2 rings (SSSR count). The molecule has 0 aliphatic heterocycles. The van der Waals surface area contributed by atoms with Gasteiger partial charge in [0.2, 0.25) is 0 Å². The Kier molecular flexibility index (Phi) is 4.58. The predicted molar refractivity (Wildman–Crippen MR) is 71.8 cm³/mol. The van der Waals surface area contributed by atoms with Crippen molar-refractivity contribution in [1.29, 1.82) is 0 Å². The molecule has 1 saturated carbocycles. The summed E-state index contributed by atoms with van der Waals surface area (Å²) in [6, 6.07) is 0. The lowest BCUT2D eigenvalue weighted by Crippen LogP contribution is -2.55. The standard InChI is InChI=1S/C11H17N3O2S2/c1-3-16-9(15)11(12-2,8-4-5-8)6-17-10-14-13-7-18-10/h7-8,12H,3-6H2,1-2H3. The van der Waals surface area contributed by atoms with Crippen LogP contribution in [0.2, 0.25) is 0 Å². The van der Waals surface area contributed by atoms with Crippen LogP contribution >= 0.6 is 23.1 Å². The van der Waals surface area contributed by atoms with E-state index in [4.69, 9.17) is 4.74 Å². The van der Waals surface area contributed by atoms with E-state index in [1.807, 2.05) is 14.0 Å². The minimum absolute atomic E-state index is 0.146. The normalized spacial score (nSPS) is 18.3. The van der Waals surface area contributed by atoms with Crippen molar-refractivity contribution in [3.8, 4) is 0 Å². The zero-order valence-electron chi connectivity index (χ0n) is 10.5. The van der Waals surface area contributed by atoms with Crippen LogP contribution in [0.1, 0.15) is 19.8 Å². The second-order valence-electron chi connectivity index (χ2n) is 4.21. The molecule has 1 aliphatic carbocycles. The number of hydrogen-bond donors (Lipinski definition) is 1. The molecule has 7 heteroatoms. The molecule has 1 aromatic rings. The highest BCUT2D eigenvalue weighted by Gasteiger charge is 2.51. The summed E-state index contributed by atoms with van der Waals surface area (Å²) < 4.78 is 6.11. The van der Waals surface area contributed by atoms with E-state index in [-0.39, 0.29) is 5.97 Å². The quantitative estimate of drug-likeness (QED) is 0.606. The van der Waals surface area contributed by atoms with Gasteiger partial charge in [0.15, 0.2) is 4.34 Å². The Bertz CT molecular complexity index is 395. The van der Waals surface area contributed by atoms with Crippen molar-refractivity contribution in [2.75, 3.05) is 19.4 Å². The molecule has 1 heterocycles. The van der Waals surface area contributed by atoms with Crippen molar-refractivity contribution >= 4 is 29.1 Å². The maximum Gasteiger partial charge on any atom is 0.327 e. The highest BCUT2D eigenvalue weighted by molar-refractivity contribution is 8.01. The number of thioether (sulfide) groups is 1. The first-order valence-electron chi connectivity index (χ1n) is 5.98. The Balaban J connectivity index is 2.06. The molecule has 1 fully saturated rings. The van der Waals surface area contributed by atoms with Gasteiger partial charge in [-0.2, -0.15) is 0 Å². The molecule has 1 aromatic heterocycles. The Morgan fingerprint density at radius 2 is 2.50 bits per heavy atom. The maximum atomic E-state index is 12.2. The zero-order valence-corrected chi connectivity index (χ0v) is 12.1. The summed E-state index contributed by atoms with van der Waals surface area (Å²) >= 11 is 3.05. The number of ether oxygens (including phenoxy) is 1. The van der Waals surface area contributed by atoms with E-state index >= 15 is 0 Å². The first kappa shape index (κ1) is 13.8. The molecule has 1 aliphatic rings. The van der Waals surface area contributed by atoms with Crippen molar-refractivity contribution in [3.05, 3.63) is 5.51 Å². The summed E-state index contributed by atoms with van der Waals surface area (Å²) in [6.45, 7) is 2.25. The molecule has 5 nitrogen and oxygen atoms in total. The third-order valence-corrected chi connectivity index (χ3v) is 5.18. The van der Waals surface area contributed by atoms with Crippen molar-refractivity contribution in [2.24, 2.45) is 5.92 Å². The summed E-state index contributed by atoms with van der Waals surface area (Å²) in [7, 11) is 1.83. The van der Waals surface area contributed by atoms with Gasteiger partial charge in [-0.05, 0) is 32.7 Å². The summed E-state index contributed by atoms with van der Waals surface area (Å²) in [5.41, 5.74) is 1.12. The number of hydrogen-bond acceptors (Lipinski definition) is 7. The average molecular weight is 287 g/mol. The molecule has 0 bridgehead atoms. The van der Waals surface area contributed by atoms with Gasteiger partial charge in [0, 0.05) is 5.75 Å². The Hall–Kier alpha value is -0.660. The third-order valence-electron chi connectivity index (χ3n) is 3.12. The molecular weight excluding hydrogens is 270 g/mol. The zero-order chi connectivity index (χ0) is 13.0. The summed E-state index contributed by atoms with van der Waals surface area (Å²) in [5.74, 6) is 0.872. The third kappa shape index (κ3) is 2.84. The Morgan fingerprint density at radius 3 is 3.00 bits per heavy atom. The number of rotatable bonds is 7. The lowest BCUT2D eigenvalue weighted by Gasteiger charge is -2.30. The summed E-state index contributed by atoms with van der Waals surface area (Å²) in [5, 5.41) is 11.0. The maximum absolute atomic E-state index is 12.2. The van der Waals surface area contributed by atoms with Crippen LogP contribution in [-0.2, 0) is 9.53 Å². The number of esters is 1. The summed E-state index contributed by atoms with van der Waals surface area (Å²) in [6.07, 6.45) is 2.16. The van der Waals surface area contributed by atoms with Crippen LogP contribution in [0.25, 0.3) is 0 Å². The monoisotopic (exact) mass is 287 g/mol. The minimum Gasteiger partial charge on any atom is -0.465 e. The average Bonchev–Trinajstić information content (AvgIpc) is 3.08. The lowest BCUT2D eigenvalue weighted by atomic mass is 9.96. The molecule has 100 valence electrons. The number of likely N-dealkylation sites (N-methyl/N-ethyl adjacent to an activating group) is 1. The van der Waals surface area contributed by atoms with E-state index < -0.39 is 5.54 Å². The van der Waals surface area contributed by atoms with E-state index in [9.17, 15) is 4.79 Å². The van der Waals surface area contributed by atoms with Crippen LogP contribution in [0.3, 0.4) is 0 Å². The molecular formula is C11H17N3O2S2. The van der Waals surface area contributed by atoms with Gasteiger partial charge in [-0.1, -0.05) is 23.1 Å². The van der Waals surface area contributed by atoms with Gasteiger partial charge in [0.05, 0.1) is 6.61 Å². The van der Waals surface area contributed by atoms with E-state index in [0.29, 0.717) is 18.3 Å². The molecule has 1 unspecified atom stereocenters. The first-order valence-corrected chi connectivity index (χ1v) is 7.84. The fourth-order valence-corrected chi connectivity index (χ4v) is 3.77. The summed E-state index contributed by atoms with van der Waals surface area (Å²) in [4.78, 5) is 12.2. The van der Waals surface area contributed by atoms with Crippen LogP contribution in [0.4, 0.5) is 0 Å². The second-order valence-corrected chi connectivity index (χ2v) is 6.27. The molecule has 1 N–H and O–H groups in total. The van der Waals surface area contributed by atoms with Crippen LogP contribution < -0.4 is 5.32 Å². The minimum atomic E-state index is -0.577. The van der Waals surface area contributed by atoms with Gasteiger partial charge in [-0.3, -0.25) is 4.79 Å². The van der Waals surface area contributed by atoms with Gasteiger partial charge in [0.1, 0.15) is 11.0 Å². The van der Waals surface area contributed by atoms with Gasteiger partial charge in [0.25, 0.3) is 0 Å². The molecule has 1 atom stereocenters. The molecule has 0 spiro atoms. The molecule has 0 radical (unpaired) electrons. The van der Waals surface area contributed by atoms with Gasteiger partial charge in [-0.25, -0.2) is 0 Å². The van der Waals surface area contributed by atoms with Crippen LogP contribution in [0.5, 0.6) is 0 Å². The fourth-order valence-electron chi connectivity index (χ4n) is 1.96. The van der Waals surface area contributed by atoms with Crippen LogP contribution in [0, 0.1) is 5.92 Å². The SMILES string of the molecule is CCOC(=O)C(CSc1nncs1)(NC)C1CC1. The largest absolute Gasteiger partial charge is 0.465 e. The van der Waals surface area contributed by atoms with Crippen molar-refractivity contribution in [2.45, 2.75) is 29.6 Å². The van der Waals surface area contributed by atoms with Crippen molar-refractivity contribution in [1.82, 2.24) is 15.5 Å². The van der Waals surface area contributed by atoms with Gasteiger partial charge >= 0.3 is 5.97 Å². The van der Waals surface area contributed by atoms with Gasteiger partial charge in [-0.15, -0.1) is 10.2 Å². The fraction of sp³-hybridized carbons (Fsp3) is 0.727. The smallest absolute Gasteiger partial charge is 0.327 e. The molecule has 0 amide bonds. The number of carbonyl (C=O) groups excluding carboxylic acids is 1. The van der Waals surface area contributed by atoms with E-state index in [0.717, 1.165) is 17.2 Å². The van der Waals surface area contributed by atoms with Crippen LogP contribution in [0.15, 0.2) is 9.85 Å². The Morgan fingerprint density at radius 1 is 1.72 bits per heavy atom. The topological polar surface area (TPSA) is 64.1 Å². The van der Waals surface area contributed by atoms with E-state index in [1.54, 1.807) is 17.3 Å². The number of aromatic nitrogens is 2. The molecule has 18 heavy (non-hydrogen) atoms. The number of carbonyl (C=O) groups is 1. The lowest BCUT2D eigenvalue weighted by molar-refractivity contribution is -0.150. The van der Waals surface area contributed by atoms with E-state index in [1.165, 1.54) is 11.3 Å². The van der Waals surface area contributed by atoms with Crippen LogP contribution in [-0.4, -0.2) is 41.1 Å². The highest BCUT2D eigenvalue weighted by Crippen LogP contribution is 2.43. The molecule has 0 aromatic carbocycles. The molecule has 0 saturated heterocycles. The highest BCUT2D eigenvalue weighted by atomic mass is 32.2. The van der Waals surface area contributed by atoms with Crippen molar-refractivity contribution in [3.63, 3.8) is 0 Å². The van der Waals surface area contributed by atoms with Crippen molar-refractivity contribution < 1.29 is 9.53 Å². The Labute approximate surface area is 115 Å². The van der Waals surface area contributed by atoms with Gasteiger partial charge < -0.3 is 10.1 Å². The number of nitrogens with zero attached hydrogens (tertiary/aromatic N) is 2. The predicted octanol–water partition coefficient (Wildman–Crippen LogP) is 1.56. The number of nitrogens with one attached hydrogen (secondary N) is 1. The first-order chi connectivity index (χ1) is 8.73.